The Balaban J connectivity index is 0.00000264. The number of carbonyl (C=O) groups is 1. The van der Waals surface area contributed by atoms with Gasteiger partial charge >= 0.3 is 0 Å². The van der Waals surface area contributed by atoms with Gasteiger partial charge in [0.05, 0.1) is 12.2 Å². The van der Waals surface area contributed by atoms with Crippen molar-refractivity contribution in [1.29, 1.82) is 0 Å². The van der Waals surface area contributed by atoms with E-state index in [4.69, 9.17) is 10.5 Å². The lowest BCUT2D eigenvalue weighted by Gasteiger charge is -2.08. The van der Waals surface area contributed by atoms with E-state index in [-0.39, 0.29) is 18.3 Å². The van der Waals surface area contributed by atoms with E-state index >= 15 is 0 Å². The van der Waals surface area contributed by atoms with Crippen LogP contribution >= 0.6 is 12.4 Å². The second-order valence-corrected chi connectivity index (χ2v) is 5.21. The Morgan fingerprint density at radius 2 is 1.78 bits per heavy atom. The summed E-state index contributed by atoms with van der Waals surface area (Å²) in [7, 11) is 0. The summed E-state index contributed by atoms with van der Waals surface area (Å²) in [5, 5.41) is 2.87. The van der Waals surface area contributed by atoms with Crippen LogP contribution in [0.2, 0.25) is 0 Å². The number of unbranched alkanes of at least 4 members (excludes halogenated alkanes) is 1. The zero-order valence-electron chi connectivity index (χ0n) is 13.2. The predicted molar refractivity (Wildman–Crippen MR) is 96.3 cm³/mol. The number of anilines is 1. The van der Waals surface area contributed by atoms with Crippen molar-refractivity contribution in [2.75, 3.05) is 18.9 Å². The minimum absolute atomic E-state index is 0. The SMILES string of the molecule is Cc1ccc(OCCCCNC(=O)c2ccccc2N)cc1.Cl. The van der Waals surface area contributed by atoms with Gasteiger partial charge in [0.1, 0.15) is 5.75 Å². The zero-order valence-corrected chi connectivity index (χ0v) is 14.1. The van der Waals surface area contributed by atoms with Gasteiger partial charge in [0.15, 0.2) is 0 Å². The molecule has 0 atom stereocenters. The summed E-state index contributed by atoms with van der Waals surface area (Å²) >= 11 is 0. The molecule has 0 heterocycles. The van der Waals surface area contributed by atoms with Crippen LogP contribution in [-0.2, 0) is 0 Å². The van der Waals surface area contributed by atoms with Crippen molar-refractivity contribution in [2.24, 2.45) is 0 Å². The Kier molecular flexibility index (Phi) is 7.98. The molecule has 124 valence electrons. The van der Waals surface area contributed by atoms with E-state index < -0.39 is 0 Å². The lowest BCUT2D eigenvalue weighted by atomic mass is 10.1. The Morgan fingerprint density at radius 1 is 1.09 bits per heavy atom. The second kappa shape index (κ2) is 9.74. The van der Waals surface area contributed by atoms with Crippen LogP contribution in [0.15, 0.2) is 48.5 Å². The summed E-state index contributed by atoms with van der Waals surface area (Å²) in [6.07, 6.45) is 1.75. The minimum Gasteiger partial charge on any atom is -0.494 e. The molecule has 4 nitrogen and oxygen atoms in total. The number of ether oxygens (including phenoxy) is 1. The Morgan fingerprint density at radius 3 is 2.48 bits per heavy atom. The second-order valence-electron chi connectivity index (χ2n) is 5.21. The normalized spacial score (nSPS) is 9.78. The smallest absolute Gasteiger partial charge is 0.253 e. The maximum absolute atomic E-state index is 11.9. The minimum atomic E-state index is -0.127. The molecular formula is C18H23ClN2O2. The van der Waals surface area contributed by atoms with Gasteiger partial charge in [0.25, 0.3) is 5.91 Å². The van der Waals surface area contributed by atoms with Gasteiger partial charge in [-0.2, -0.15) is 0 Å². The molecule has 23 heavy (non-hydrogen) atoms. The fourth-order valence-electron chi connectivity index (χ4n) is 2.05. The van der Waals surface area contributed by atoms with Crippen molar-refractivity contribution >= 4 is 24.0 Å². The van der Waals surface area contributed by atoms with Gasteiger partial charge in [-0.1, -0.05) is 29.8 Å². The van der Waals surface area contributed by atoms with Crippen LogP contribution in [0.3, 0.4) is 0 Å². The predicted octanol–water partition coefficient (Wildman–Crippen LogP) is 3.59. The molecule has 1 amide bonds. The molecule has 0 aromatic heterocycles. The van der Waals surface area contributed by atoms with E-state index in [2.05, 4.69) is 5.32 Å². The van der Waals surface area contributed by atoms with Crippen LogP contribution < -0.4 is 15.8 Å². The average molecular weight is 335 g/mol. The van der Waals surface area contributed by atoms with Crippen molar-refractivity contribution in [2.45, 2.75) is 19.8 Å². The van der Waals surface area contributed by atoms with Gasteiger partial charge in [-0.05, 0) is 44.0 Å². The van der Waals surface area contributed by atoms with Crippen LogP contribution in [-0.4, -0.2) is 19.1 Å². The Hall–Kier alpha value is -2.20. The van der Waals surface area contributed by atoms with E-state index in [9.17, 15) is 4.79 Å². The molecule has 2 rings (SSSR count). The summed E-state index contributed by atoms with van der Waals surface area (Å²) in [6.45, 7) is 3.31. The van der Waals surface area contributed by atoms with E-state index in [1.807, 2.05) is 37.3 Å². The van der Waals surface area contributed by atoms with E-state index in [1.54, 1.807) is 18.2 Å². The van der Waals surface area contributed by atoms with Crippen LogP contribution in [0.4, 0.5) is 5.69 Å². The molecule has 0 radical (unpaired) electrons. The van der Waals surface area contributed by atoms with Crippen molar-refractivity contribution < 1.29 is 9.53 Å². The van der Waals surface area contributed by atoms with Gasteiger partial charge in [0.2, 0.25) is 0 Å². The van der Waals surface area contributed by atoms with Crippen molar-refractivity contribution in [3.05, 3.63) is 59.7 Å². The number of hydrogen-bond donors (Lipinski definition) is 2. The van der Waals surface area contributed by atoms with Gasteiger partial charge in [-0.25, -0.2) is 0 Å². The Labute approximate surface area is 143 Å². The number of aryl methyl sites for hydroxylation is 1. The molecule has 3 N–H and O–H groups in total. The first kappa shape index (κ1) is 18.8. The van der Waals surface area contributed by atoms with Gasteiger partial charge in [-0.3, -0.25) is 4.79 Å². The fourth-order valence-corrected chi connectivity index (χ4v) is 2.05. The fraction of sp³-hybridized carbons (Fsp3) is 0.278. The van der Waals surface area contributed by atoms with Crippen LogP contribution in [0.1, 0.15) is 28.8 Å². The summed E-state index contributed by atoms with van der Waals surface area (Å²) in [5.41, 5.74) is 8.01. The van der Waals surface area contributed by atoms with Crippen LogP contribution in [0.5, 0.6) is 5.75 Å². The summed E-state index contributed by atoms with van der Waals surface area (Å²) in [4.78, 5) is 11.9. The standard InChI is InChI=1S/C18H22N2O2.ClH/c1-14-8-10-15(11-9-14)22-13-5-4-12-20-18(21)16-6-2-3-7-17(16)19;/h2-3,6-11H,4-5,12-13,19H2,1H3,(H,20,21);1H. The lowest BCUT2D eigenvalue weighted by Crippen LogP contribution is -2.25. The quantitative estimate of drug-likeness (QED) is 0.600. The van der Waals surface area contributed by atoms with E-state index in [0.29, 0.717) is 24.4 Å². The van der Waals surface area contributed by atoms with Crippen molar-refractivity contribution in [3.63, 3.8) is 0 Å². The molecule has 0 saturated heterocycles. The number of carbonyl (C=O) groups excluding carboxylic acids is 1. The number of hydrogen-bond acceptors (Lipinski definition) is 3. The first-order valence-corrected chi connectivity index (χ1v) is 7.49. The van der Waals surface area contributed by atoms with Crippen LogP contribution in [0, 0.1) is 6.92 Å². The van der Waals surface area contributed by atoms with E-state index in [1.165, 1.54) is 5.56 Å². The number of nitrogens with one attached hydrogen (secondary N) is 1. The molecule has 0 unspecified atom stereocenters. The van der Waals surface area contributed by atoms with Crippen molar-refractivity contribution in [3.8, 4) is 5.75 Å². The molecule has 0 aliphatic rings. The molecule has 0 saturated carbocycles. The molecule has 0 aliphatic carbocycles. The number of halogens is 1. The third kappa shape index (κ3) is 6.20. The maximum Gasteiger partial charge on any atom is 0.253 e. The molecule has 0 bridgehead atoms. The lowest BCUT2D eigenvalue weighted by molar-refractivity contribution is 0.0953. The number of nitrogens with two attached hydrogens (primary N) is 1. The largest absolute Gasteiger partial charge is 0.494 e. The molecule has 2 aromatic carbocycles. The van der Waals surface area contributed by atoms with Gasteiger partial charge in [-0.15, -0.1) is 12.4 Å². The average Bonchev–Trinajstić information content (AvgIpc) is 2.52. The molecule has 0 fully saturated rings. The topological polar surface area (TPSA) is 64.3 Å². The van der Waals surface area contributed by atoms with Gasteiger partial charge < -0.3 is 15.8 Å². The third-order valence-corrected chi connectivity index (χ3v) is 3.35. The first-order valence-electron chi connectivity index (χ1n) is 7.49. The summed E-state index contributed by atoms with van der Waals surface area (Å²) in [6, 6.07) is 15.1. The highest BCUT2D eigenvalue weighted by Crippen LogP contribution is 2.12. The number of amides is 1. The van der Waals surface area contributed by atoms with Crippen LogP contribution in [0.25, 0.3) is 0 Å². The zero-order chi connectivity index (χ0) is 15.8. The van der Waals surface area contributed by atoms with Crippen molar-refractivity contribution in [1.82, 2.24) is 5.32 Å². The maximum atomic E-state index is 11.9. The highest BCUT2D eigenvalue weighted by atomic mass is 35.5. The number of nitrogen functional groups attached to an aromatic ring is 1. The molecule has 0 spiro atoms. The highest BCUT2D eigenvalue weighted by Gasteiger charge is 2.07. The molecular weight excluding hydrogens is 312 g/mol. The number of rotatable bonds is 7. The van der Waals surface area contributed by atoms with Gasteiger partial charge in [0, 0.05) is 12.2 Å². The van der Waals surface area contributed by atoms with E-state index in [0.717, 1.165) is 18.6 Å². The number of para-hydroxylation sites is 1. The first-order chi connectivity index (χ1) is 10.7. The monoisotopic (exact) mass is 334 g/mol. The Bertz CT molecular complexity index is 615. The summed E-state index contributed by atoms with van der Waals surface area (Å²) < 4.78 is 5.64. The third-order valence-electron chi connectivity index (χ3n) is 3.35. The molecule has 5 heteroatoms. The molecule has 0 aliphatic heterocycles. The molecule has 2 aromatic rings. The number of benzene rings is 2. The highest BCUT2D eigenvalue weighted by molar-refractivity contribution is 5.98. The summed E-state index contributed by atoms with van der Waals surface area (Å²) in [5.74, 6) is 0.754.